The van der Waals surface area contributed by atoms with Crippen molar-refractivity contribution >= 4 is 28.2 Å². The Morgan fingerprint density at radius 2 is 1.86 bits per heavy atom. The number of aromatic nitrogens is 2. The highest BCUT2D eigenvalue weighted by Crippen LogP contribution is 2.21. The molecule has 4 heteroatoms. The van der Waals surface area contributed by atoms with Gasteiger partial charge in [0.15, 0.2) is 0 Å². The molecule has 0 saturated heterocycles. The second-order valence-electron chi connectivity index (χ2n) is 4.92. The standard InChI is InChI=1S/C17H18ClN3/c1-2-21-17-10-6-4-8-14(17)16(20-21)12-19-15-9-5-3-7-13(15)11-18/h3-10,19H,2,11-12H2,1H3. The number of hydrogen-bond acceptors (Lipinski definition) is 2. The van der Waals surface area contributed by atoms with Crippen molar-refractivity contribution in [1.29, 1.82) is 0 Å². The van der Waals surface area contributed by atoms with Gasteiger partial charge in [-0.15, -0.1) is 11.6 Å². The SMILES string of the molecule is CCn1nc(CNc2ccccc2CCl)c2ccccc21. The summed E-state index contributed by atoms with van der Waals surface area (Å²) in [7, 11) is 0. The number of aryl methyl sites for hydroxylation is 1. The topological polar surface area (TPSA) is 29.9 Å². The summed E-state index contributed by atoms with van der Waals surface area (Å²) in [5.41, 5.74) is 4.43. The van der Waals surface area contributed by atoms with E-state index in [-0.39, 0.29) is 0 Å². The number of para-hydroxylation sites is 2. The molecule has 0 radical (unpaired) electrons. The van der Waals surface area contributed by atoms with Crippen molar-refractivity contribution in [1.82, 2.24) is 9.78 Å². The predicted octanol–water partition coefficient (Wildman–Crippen LogP) is 4.41. The minimum atomic E-state index is 0.507. The Labute approximate surface area is 129 Å². The Morgan fingerprint density at radius 1 is 1.10 bits per heavy atom. The molecule has 0 saturated carbocycles. The molecule has 3 rings (SSSR count). The average Bonchev–Trinajstić information content (AvgIpc) is 2.91. The van der Waals surface area contributed by atoms with Crippen LogP contribution in [0.1, 0.15) is 18.2 Å². The van der Waals surface area contributed by atoms with Gasteiger partial charge in [0, 0.05) is 23.5 Å². The lowest BCUT2D eigenvalue weighted by molar-refractivity contribution is 0.671. The summed E-state index contributed by atoms with van der Waals surface area (Å²) in [6.07, 6.45) is 0. The lowest BCUT2D eigenvalue weighted by Crippen LogP contribution is -2.04. The van der Waals surface area contributed by atoms with E-state index in [4.69, 9.17) is 16.7 Å². The number of hydrogen-bond donors (Lipinski definition) is 1. The zero-order valence-corrected chi connectivity index (χ0v) is 12.8. The van der Waals surface area contributed by atoms with E-state index in [0.29, 0.717) is 12.4 Å². The molecule has 0 amide bonds. The van der Waals surface area contributed by atoms with Crippen LogP contribution in [0.2, 0.25) is 0 Å². The van der Waals surface area contributed by atoms with E-state index in [9.17, 15) is 0 Å². The van der Waals surface area contributed by atoms with Crippen molar-refractivity contribution in [3.8, 4) is 0 Å². The van der Waals surface area contributed by atoms with E-state index in [1.165, 1.54) is 10.9 Å². The van der Waals surface area contributed by atoms with Crippen LogP contribution in [0.15, 0.2) is 48.5 Å². The van der Waals surface area contributed by atoms with E-state index < -0.39 is 0 Å². The lowest BCUT2D eigenvalue weighted by Gasteiger charge is -2.09. The summed E-state index contributed by atoms with van der Waals surface area (Å²) in [6.45, 7) is 3.68. The second kappa shape index (κ2) is 6.19. The van der Waals surface area contributed by atoms with Crippen LogP contribution in [0.25, 0.3) is 10.9 Å². The first-order valence-electron chi connectivity index (χ1n) is 7.15. The molecule has 3 nitrogen and oxygen atoms in total. The number of alkyl halides is 1. The molecule has 108 valence electrons. The third kappa shape index (κ3) is 2.74. The fourth-order valence-corrected chi connectivity index (χ4v) is 2.79. The van der Waals surface area contributed by atoms with E-state index in [1.54, 1.807) is 0 Å². The third-order valence-electron chi connectivity index (χ3n) is 3.64. The van der Waals surface area contributed by atoms with Crippen LogP contribution in [-0.4, -0.2) is 9.78 Å². The largest absolute Gasteiger partial charge is 0.379 e. The molecule has 3 aromatic rings. The number of fused-ring (bicyclic) bond motifs is 1. The van der Waals surface area contributed by atoms with Crippen molar-refractivity contribution in [3.63, 3.8) is 0 Å². The van der Waals surface area contributed by atoms with Gasteiger partial charge in [-0.05, 0) is 24.6 Å². The van der Waals surface area contributed by atoms with Gasteiger partial charge in [0.05, 0.1) is 17.8 Å². The maximum absolute atomic E-state index is 5.98. The van der Waals surface area contributed by atoms with Gasteiger partial charge in [-0.25, -0.2) is 0 Å². The minimum Gasteiger partial charge on any atom is -0.379 e. The number of nitrogens with zero attached hydrogens (tertiary/aromatic N) is 2. The molecule has 0 fully saturated rings. The van der Waals surface area contributed by atoms with Gasteiger partial charge in [0.1, 0.15) is 0 Å². The summed E-state index contributed by atoms with van der Waals surface area (Å²) in [4.78, 5) is 0. The lowest BCUT2D eigenvalue weighted by atomic mass is 10.2. The molecule has 0 unspecified atom stereocenters. The van der Waals surface area contributed by atoms with Gasteiger partial charge in [-0.2, -0.15) is 5.10 Å². The smallest absolute Gasteiger partial charge is 0.0894 e. The molecule has 0 aliphatic carbocycles. The van der Waals surface area contributed by atoms with Gasteiger partial charge >= 0.3 is 0 Å². The van der Waals surface area contributed by atoms with Gasteiger partial charge in [-0.3, -0.25) is 4.68 Å². The highest BCUT2D eigenvalue weighted by Gasteiger charge is 2.09. The van der Waals surface area contributed by atoms with Crippen molar-refractivity contribution in [2.45, 2.75) is 25.9 Å². The van der Waals surface area contributed by atoms with Gasteiger partial charge in [0.25, 0.3) is 0 Å². The van der Waals surface area contributed by atoms with Crippen LogP contribution in [0.4, 0.5) is 5.69 Å². The van der Waals surface area contributed by atoms with E-state index >= 15 is 0 Å². The monoisotopic (exact) mass is 299 g/mol. The van der Waals surface area contributed by atoms with E-state index in [1.807, 2.05) is 22.9 Å². The Hall–Kier alpha value is -2.00. The number of rotatable bonds is 5. The van der Waals surface area contributed by atoms with Gasteiger partial charge < -0.3 is 5.32 Å². The molecule has 21 heavy (non-hydrogen) atoms. The average molecular weight is 300 g/mol. The Kier molecular flexibility index (Phi) is 4.11. The quantitative estimate of drug-likeness (QED) is 0.707. The summed E-state index contributed by atoms with van der Waals surface area (Å²) in [5, 5.41) is 9.35. The highest BCUT2D eigenvalue weighted by molar-refractivity contribution is 6.17. The summed E-state index contributed by atoms with van der Waals surface area (Å²) in [5.74, 6) is 0.507. The zero-order valence-electron chi connectivity index (χ0n) is 12.0. The van der Waals surface area contributed by atoms with Crippen LogP contribution >= 0.6 is 11.6 Å². The summed E-state index contributed by atoms with van der Waals surface area (Å²) < 4.78 is 2.04. The molecule has 1 N–H and O–H groups in total. The first-order chi connectivity index (χ1) is 10.3. The van der Waals surface area contributed by atoms with Crippen molar-refractivity contribution in [2.24, 2.45) is 0 Å². The zero-order chi connectivity index (χ0) is 14.7. The molecule has 1 heterocycles. The Morgan fingerprint density at radius 3 is 2.67 bits per heavy atom. The number of anilines is 1. The van der Waals surface area contributed by atoms with Crippen molar-refractivity contribution in [3.05, 3.63) is 59.8 Å². The predicted molar refractivity (Wildman–Crippen MR) is 88.7 cm³/mol. The molecular formula is C17H18ClN3. The fraction of sp³-hybridized carbons (Fsp3) is 0.235. The van der Waals surface area contributed by atoms with Crippen molar-refractivity contribution < 1.29 is 0 Å². The van der Waals surface area contributed by atoms with E-state index in [2.05, 4.69) is 42.6 Å². The third-order valence-corrected chi connectivity index (χ3v) is 3.93. The van der Waals surface area contributed by atoms with Crippen LogP contribution in [-0.2, 0) is 19.0 Å². The first kappa shape index (κ1) is 14.0. The molecule has 0 aliphatic rings. The molecule has 0 atom stereocenters. The van der Waals surface area contributed by atoms with Crippen LogP contribution in [0, 0.1) is 0 Å². The molecule has 2 aromatic carbocycles. The second-order valence-corrected chi connectivity index (χ2v) is 5.19. The summed E-state index contributed by atoms with van der Waals surface area (Å²) in [6, 6.07) is 16.5. The maximum atomic E-state index is 5.98. The number of halogens is 1. The van der Waals surface area contributed by atoms with Crippen LogP contribution in [0.3, 0.4) is 0 Å². The molecule has 0 bridgehead atoms. The molecule has 0 spiro atoms. The first-order valence-corrected chi connectivity index (χ1v) is 7.69. The fourth-order valence-electron chi connectivity index (χ4n) is 2.56. The van der Waals surface area contributed by atoms with Crippen LogP contribution in [0.5, 0.6) is 0 Å². The van der Waals surface area contributed by atoms with Gasteiger partial charge in [0.2, 0.25) is 0 Å². The van der Waals surface area contributed by atoms with Crippen molar-refractivity contribution in [2.75, 3.05) is 5.32 Å². The Bertz CT molecular complexity index is 749. The highest BCUT2D eigenvalue weighted by atomic mass is 35.5. The Balaban J connectivity index is 1.88. The van der Waals surface area contributed by atoms with Crippen LogP contribution < -0.4 is 5.32 Å². The maximum Gasteiger partial charge on any atom is 0.0894 e. The minimum absolute atomic E-state index is 0.507. The molecule has 1 aromatic heterocycles. The molecule has 0 aliphatic heterocycles. The van der Waals surface area contributed by atoms with E-state index in [0.717, 1.165) is 23.5 Å². The normalized spacial score (nSPS) is 11.0. The van der Waals surface area contributed by atoms with Gasteiger partial charge in [-0.1, -0.05) is 36.4 Å². The number of nitrogens with one attached hydrogen (secondary N) is 1. The summed E-state index contributed by atoms with van der Waals surface area (Å²) >= 11 is 5.98. The molecular weight excluding hydrogens is 282 g/mol. The number of benzene rings is 2.